The van der Waals surface area contributed by atoms with Gasteiger partial charge in [0, 0.05) is 37.9 Å². The van der Waals surface area contributed by atoms with E-state index in [0.717, 1.165) is 54.0 Å². The van der Waals surface area contributed by atoms with Gasteiger partial charge in [0.2, 0.25) is 0 Å². The van der Waals surface area contributed by atoms with Crippen LogP contribution >= 0.6 is 24.0 Å². The number of aliphatic imine (C=N–C) groups is 1. The minimum absolute atomic E-state index is 0. The molecule has 1 aliphatic rings. The standard InChI is InChI=1S/C26H33N5O2.HI/c1-20(2)33-24-9-7-22(8-10-24)30-26(28-14-12-23-6-5-17-32-23)29-19-21-11-13-27-25(18-21)31-15-3-4-16-31;/h5-11,13,17-18,20H,3-4,12,14-16,19H2,1-2H3,(H2,28,29,30);1H. The van der Waals surface area contributed by atoms with Crippen molar-refractivity contribution in [1.82, 2.24) is 10.3 Å². The minimum atomic E-state index is 0. The van der Waals surface area contributed by atoms with Gasteiger partial charge in [-0.05, 0) is 80.8 Å². The van der Waals surface area contributed by atoms with Crippen LogP contribution in [-0.2, 0) is 13.0 Å². The number of nitrogens with zero attached hydrogens (tertiary/aromatic N) is 3. The molecule has 3 heterocycles. The predicted octanol–water partition coefficient (Wildman–Crippen LogP) is 5.48. The molecule has 2 aromatic heterocycles. The molecule has 8 heteroatoms. The summed E-state index contributed by atoms with van der Waals surface area (Å²) in [5, 5.41) is 6.82. The van der Waals surface area contributed by atoms with Crippen LogP contribution in [-0.4, -0.2) is 36.7 Å². The van der Waals surface area contributed by atoms with Crippen LogP contribution in [0.15, 0.2) is 70.4 Å². The van der Waals surface area contributed by atoms with E-state index in [-0.39, 0.29) is 30.1 Å². The molecular weight excluding hydrogens is 541 g/mol. The molecule has 0 amide bonds. The van der Waals surface area contributed by atoms with Crippen molar-refractivity contribution >= 4 is 41.4 Å². The van der Waals surface area contributed by atoms with Gasteiger partial charge in [-0.3, -0.25) is 0 Å². The van der Waals surface area contributed by atoms with Gasteiger partial charge in [-0.2, -0.15) is 0 Å². The third kappa shape index (κ3) is 7.93. The van der Waals surface area contributed by atoms with Gasteiger partial charge in [-0.25, -0.2) is 9.98 Å². The Balaban J connectivity index is 0.00000324. The van der Waals surface area contributed by atoms with Gasteiger partial charge in [0.25, 0.3) is 0 Å². The molecule has 1 fully saturated rings. The number of rotatable bonds is 9. The fourth-order valence-electron chi connectivity index (χ4n) is 3.77. The number of hydrogen-bond acceptors (Lipinski definition) is 5. The largest absolute Gasteiger partial charge is 0.491 e. The monoisotopic (exact) mass is 575 g/mol. The average molecular weight is 575 g/mol. The molecule has 0 saturated carbocycles. The zero-order chi connectivity index (χ0) is 22.9. The van der Waals surface area contributed by atoms with E-state index in [1.807, 2.05) is 62.5 Å². The van der Waals surface area contributed by atoms with Gasteiger partial charge in [0.15, 0.2) is 5.96 Å². The number of furan rings is 1. The normalized spacial score (nSPS) is 13.6. The van der Waals surface area contributed by atoms with Crippen LogP contribution in [0.1, 0.15) is 38.0 Å². The summed E-state index contributed by atoms with van der Waals surface area (Å²) < 4.78 is 11.2. The van der Waals surface area contributed by atoms with Crippen LogP contribution in [0.2, 0.25) is 0 Å². The number of guanidine groups is 1. The molecule has 0 atom stereocenters. The van der Waals surface area contributed by atoms with Crippen molar-refractivity contribution in [3.05, 3.63) is 72.3 Å². The van der Waals surface area contributed by atoms with E-state index in [4.69, 9.17) is 14.1 Å². The smallest absolute Gasteiger partial charge is 0.196 e. The van der Waals surface area contributed by atoms with Crippen LogP contribution in [0, 0.1) is 0 Å². The summed E-state index contributed by atoms with van der Waals surface area (Å²) in [6.45, 7) is 7.48. The number of benzene rings is 1. The molecule has 3 aromatic rings. The Labute approximate surface area is 219 Å². The lowest BCUT2D eigenvalue weighted by Gasteiger charge is -2.17. The SMILES string of the molecule is CC(C)Oc1ccc(NC(=NCc2ccnc(N3CCCC3)c2)NCCc2ccco2)cc1.I. The Morgan fingerprint density at radius 1 is 1.15 bits per heavy atom. The van der Waals surface area contributed by atoms with Crippen molar-refractivity contribution in [1.29, 1.82) is 0 Å². The Morgan fingerprint density at radius 3 is 2.65 bits per heavy atom. The van der Waals surface area contributed by atoms with Gasteiger partial charge in [0.1, 0.15) is 17.3 Å². The summed E-state index contributed by atoms with van der Waals surface area (Å²) in [5.41, 5.74) is 2.09. The molecule has 0 unspecified atom stereocenters. The van der Waals surface area contributed by atoms with Crippen molar-refractivity contribution in [3.8, 4) is 5.75 Å². The van der Waals surface area contributed by atoms with Gasteiger partial charge in [-0.1, -0.05) is 0 Å². The van der Waals surface area contributed by atoms with Crippen molar-refractivity contribution < 1.29 is 9.15 Å². The van der Waals surface area contributed by atoms with Crippen LogP contribution in [0.5, 0.6) is 5.75 Å². The number of halogens is 1. The van der Waals surface area contributed by atoms with E-state index < -0.39 is 0 Å². The lowest BCUT2D eigenvalue weighted by atomic mass is 10.2. The summed E-state index contributed by atoms with van der Waals surface area (Å²) >= 11 is 0. The molecule has 0 bridgehead atoms. The number of hydrogen-bond donors (Lipinski definition) is 2. The summed E-state index contributed by atoms with van der Waals surface area (Å²) in [6.07, 6.45) is 6.98. The van der Waals surface area contributed by atoms with E-state index >= 15 is 0 Å². The van der Waals surface area contributed by atoms with Crippen molar-refractivity contribution in [2.45, 2.75) is 45.8 Å². The van der Waals surface area contributed by atoms with Crippen molar-refractivity contribution in [3.63, 3.8) is 0 Å². The predicted molar refractivity (Wildman–Crippen MR) is 148 cm³/mol. The van der Waals surface area contributed by atoms with Gasteiger partial charge in [0.05, 0.1) is 18.9 Å². The molecule has 7 nitrogen and oxygen atoms in total. The Morgan fingerprint density at radius 2 is 1.94 bits per heavy atom. The molecule has 1 saturated heterocycles. The van der Waals surface area contributed by atoms with Gasteiger partial charge < -0.3 is 24.7 Å². The zero-order valence-electron chi connectivity index (χ0n) is 19.9. The highest BCUT2D eigenvalue weighted by atomic mass is 127. The molecule has 0 radical (unpaired) electrons. The molecule has 4 rings (SSSR count). The highest BCUT2D eigenvalue weighted by Crippen LogP contribution is 2.19. The van der Waals surface area contributed by atoms with E-state index in [1.54, 1.807) is 6.26 Å². The fourth-order valence-corrected chi connectivity index (χ4v) is 3.77. The lowest BCUT2D eigenvalue weighted by Crippen LogP contribution is -2.32. The summed E-state index contributed by atoms with van der Waals surface area (Å²) in [4.78, 5) is 11.7. The number of anilines is 2. The highest BCUT2D eigenvalue weighted by Gasteiger charge is 2.13. The molecular formula is C26H34IN5O2. The second kappa shape index (κ2) is 13.2. The Kier molecular flexibility index (Phi) is 10.1. The summed E-state index contributed by atoms with van der Waals surface area (Å²) in [5.74, 6) is 3.56. The number of aromatic nitrogens is 1. The zero-order valence-corrected chi connectivity index (χ0v) is 22.2. The summed E-state index contributed by atoms with van der Waals surface area (Å²) in [6, 6.07) is 16.0. The maximum absolute atomic E-state index is 5.75. The molecule has 2 N–H and O–H groups in total. The molecule has 1 aromatic carbocycles. The quantitative estimate of drug-likeness (QED) is 0.200. The van der Waals surface area contributed by atoms with Crippen LogP contribution in [0.25, 0.3) is 0 Å². The molecule has 0 aliphatic carbocycles. The first kappa shape index (κ1) is 25.9. The first-order valence-electron chi connectivity index (χ1n) is 11.7. The van der Waals surface area contributed by atoms with E-state index in [0.29, 0.717) is 13.1 Å². The first-order valence-corrected chi connectivity index (χ1v) is 11.7. The van der Waals surface area contributed by atoms with E-state index in [2.05, 4.69) is 26.6 Å². The Hall–Kier alpha value is -2.75. The second-order valence-corrected chi connectivity index (χ2v) is 8.45. The van der Waals surface area contributed by atoms with Crippen molar-refractivity contribution in [2.75, 3.05) is 29.9 Å². The molecule has 182 valence electrons. The van der Waals surface area contributed by atoms with Gasteiger partial charge in [-0.15, -0.1) is 24.0 Å². The maximum atomic E-state index is 5.75. The number of nitrogens with one attached hydrogen (secondary N) is 2. The topological polar surface area (TPSA) is 74.9 Å². The van der Waals surface area contributed by atoms with Crippen LogP contribution in [0.3, 0.4) is 0 Å². The van der Waals surface area contributed by atoms with Gasteiger partial charge >= 0.3 is 0 Å². The third-order valence-corrected chi connectivity index (χ3v) is 5.39. The second-order valence-electron chi connectivity index (χ2n) is 8.45. The highest BCUT2D eigenvalue weighted by molar-refractivity contribution is 14.0. The number of pyridine rings is 1. The van der Waals surface area contributed by atoms with Crippen LogP contribution in [0.4, 0.5) is 11.5 Å². The minimum Gasteiger partial charge on any atom is -0.491 e. The first-order chi connectivity index (χ1) is 16.2. The number of ether oxygens (including phenoxy) is 1. The summed E-state index contributed by atoms with van der Waals surface area (Å²) in [7, 11) is 0. The molecule has 0 spiro atoms. The Bertz CT molecular complexity index is 1020. The van der Waals surface area contributed by atoms with E-state index in [1.165, 1.54) is 12.8 Å². The molecule has 1 aliphatic heterocycles. The average Bonchev–Trinajstić information content (AvgIpc) is 3.53. The molecule has 34 heavy (non-hydrogen) atoms. The van der Waals surface area contributed by atoms with Crippen LogP contribution < -0.4 is 20.3 Å². The maximum Gasteiger partial charge on any atom is 0.196 e. The van der Waals surface area contributed by atoms with Crippen molar-refractivity contribution in [2.24, 2.45) is 4.99 Å². The third-order valence-electron chi connectivity index (χ3n) is 5.39. The lowest BCUT2D eigenvalue weighted by molar-refractivity contribution is 0.242. The van der Waals surface area contributed by atoms with E-state index in [9.17, 15) is 0 Å². The fraction of sp³-hybridized carbons (Fsp3) is 0.385.